The van der Waals surface area contributed by atoms with Crippen LogP contribution in [0.25, 0.3) is 0 Å². The van der Waals surface area contributed by atoms with Crippen molar-refractivity contribution in [1.82, 2.24) is 5.32 Å². The SMILES string of the molecule is CC[C@@H](C)/C=C(C)/C=C/C(O)=C1C(=O)N[C@@H]([C@H](O)c2ccc(O)cc2)C1=O. The minimum atomic E-state index is -1.29. The summed E-state index contributed by atoms with van der Waals surface area (Å²) in [6, 6.07) is 4.49. The van der Waals surface area contributed by atoms with E-state index in [4.69, 9.17) is 0 Å². The minimum absolute atomic E-state index is 0.0249. The van der Waals surface area contributed by atoms with Crippen LogP contribution in [0.2, 0.25) is 0 Å². The number of hydrogen-bond acceptors (Lipinski definition) is 5. The molecule has 3 atom stereocenters. The highest BCUT2D eigenvalue weighted by Crippen LogP contribution is 2.26. The molecule has 6 nitrogen and oxygen atoms in total. The van der Waals surface area contributed by atoms with Gasteiger partial charge < -0.3 is 20.6 Å². The van der Waals surface area contributed by atoms with Crippen molar-refractivity contribution in [3.05, 3.63) is 65.0 Å². The Hall–Kier alpha value is -2.86. The highest BCUT2D eigenvalue weighted by atomic mass is 16.3. The van der Waals surface area contributed by atoms with Crippen molar-refractivity contribution in [1.29, 1.82) is 0 Å². The number of phenolic OH excluding ortho intramolecular Hbond substituents is 1. The third-order valence-electron chi connectivity index (χ3n) is 4.54. The summed E-state index contributed by atoms with van der Waals surface area (Å²) in [5.74, 6) is -1.43. The van der Waals surface area contributed by atoms with Crippen LogP contribution >= 0.6 is 0 Å². The summed E-state index contributed by atoms with van der Waals surface area (Å²) in [7, 11) is 0. The Morgan fingerprint density at radius 3 is 2.44 bits per heavy atom. The first kappa shape index (κ1) is 20.5. The fraction of sp³-hybridized carbons (Fsp3) is 0.333. The number of allylic oxidation sites excluding steroid dienone is 4. The highest BCUT2D eigenvalue weighted by molar-refractivity contribution is 6.27. The second-order valence-corrected chi connectivity index (χ2v) is 6.74. The number of benzene rings is 1. The van der Waals surface area contributed by atoms with Gasteiger partial charge in [-0.2, -0.15) is 0 Å². The number of aliphatic hydroxyl groups excluding tert-OH is 2. The van der Waals surface area contributed by atoms with E-state index < -0.39 is 29.6 Å². The van der Waals surface area contributed by atoms with Gasteiger partial charge in [0.2, 0.25) is 0 Å². The number of hydrogen-bond donors (Lipinski definition) is 4. The largest absolute Gasteiger partial charge is 0.508 e. The molecule has 1 heterocycles. The summed E-state index contributed by atoms with van der Waals surface area (Å²) >= 11 is 0. The molecule has 1 saturated heterocycles. The Kier molecular flexibility index (Phi) is 6.58. The molecule has 0 unspecified atom stereocenters. The summed E-state index contributed by atoms with van der Waals surface area (Å²) in [6.07, 6.45) is 4.68. The lowest BCUT2D eigenvalue weighted by Crippen LogP contribution is -2.35. The van der Waals surface area contributed by atoms with Crippen molar-refractivity contribution in [3.63, 3.8) is 0 Å². The lowest BCUT2D eigenvalue weighted by atomic mass is 9.98. The monoisotopic (exact) mass is 371 g/mol. The average molecular weight is 371 g/mol. The number of nitrogens with one attached hydrogen (secondary N) is 1. The number of amides is 1. The molecule has 0 aliphatic carbocycles. The van der Waals surface area contributed by atoms with E-state index in [1.807, 2.05) is 13.0 Å². The predicted molar refractivity (Wildman–Crippen MR) is 102 cm³/mol. The van der Waals surface area contributed by atoms with Crippen molar-refractivity contribution < 1.29 is 24.9 Å². The number of aliphatic hydroxyl groups is 2. The summed E-state index contributed by atoms with van der Waals surface area (Å²) in [6.45, 7) is 6.01. The zero-order valence-corrected chi connectivity index (χ0v) is 15.6. The molecule has 1 aliphatic heterocycles. The van der Waals surface area contributed by atoms with Crippen LogP contribution in [0, 0.1) is 5.92 Å². The van der Waals surface area contributed by atoms with Crippen LogP contribution in [0.3, 0.4) is 0 Å². The maximum Gasteiger partial charge on any atom is 0.259 e. The van der Waals surface area contributed by atoms with Gasteiger partial charge in [-0.15, -0.1) is 0 Å². The number of carbonyl (C=O) groups is 2. The molecule has 6 heteroatoms. The van der Waals surface area contributed by atoms with Gasteiger partial charge in [0.1, 0.15) is 29.2 Å². The number of ketones is 1. The fourth-order valence-corrected chi connectivity index (χ4v) is 2.79. The topological polar surface area (TPSA) is 107 Å². The minimum Gasteiger partial charge on any atom is -0.508 e. The molecule has 0 radical (unpaired) electrons. The smallest absolute Gasteiger partial charge is 0.259 e. The number of Topliss-reactive ketones (excluding diaryl/α,β-unsaturated/α-hetero) is 1. The van der Waals surface area contributed by atoms with Gasteiger partial charge in [-0.3, -0.25) is 9.59 Å². The summed E-state index contributed by atoms with van der Waals surface area (Å²) < 4.78 is 0. The molecule has 2 rings (SSSR count). The first-order valence-corrected chi connectivity index (χ1v) is 8.86. The van der Waals surface area contributed by atoms with Crippen LogP contribution < -0.4 is 5.32 Å². The van der Waals surface area contributed by atoms with Gasteiger partial charge >= 0.3 is 0 Å². The van der Waals surface area contributed by atoms with Crippen LogP contribution in [-0.4, -0.2) is 33.1 Å². The van der Waals surface area contributed by atoms with Gasteiger partial charge in [0.05, 0.1) is 0 Å². The van der Waals surface area contributed by atoms with Crippen molar-refractivity contribution in [2.24, 2.45) is 5.92 Å². The zero-order valence-electron chi connectivity index (χ0n) is 15.6. The highest BCUT2D eigenvalue weighted by Gasteiger charge is 2.42. The predicted octanol–water partition coefficient (Wildman–Crippen LogP) is 2.85. The normalized spacial score (nSPS) is 22.1. The maximum atomic E-state index is 12.5. The Labute approximate surface area is 158 Å². The second kappa shape index (κ2) is 8.68. The quantitative estimate of drug-likeness (QED) is 0.266. The van der Waals surface area contributed by atoms with Crippen molar-refractivity contribution in [3.8, 4) is 5.75 Å². The third kappa shape index (κ3) is 4.86. The van der Waals surface area contributed by atoms with Crippen molar-refractivity contribution in [2.45, 2.75) is 39.3 Å². The molecular weight excluding hydrogens is 346 g/mol. The first-order valence-electron chi connectivity index (χ1n) is 8.86. The van der Waals surface area contributed by atoms with Crippen LogP contribution in [0.15, 0.2) is 59.4 Å². The molecule has 1 fully saturated rings. The van der Waals surface area contributed by atoms with E-state index in [-0.39, 0.29) is 11.3 Å². The van der Waals surface area contributed by atoms with E-state index in [1.165, 1.54) is 30.3 Å². The van der Waals surface area contributed by atoms with Gasteiger partial charge in [0.25, 0.3) is 5.91 Å². The molecule has 1 amide bonds. The van der Waals surface area contributed by atoms with Gasteiger partial charge in [-0.1, -0.05) is 50.1 Å². The lowest BCUT2D eigenvalue weighted by molar-refractivity contribution is -0.118. The second-order valence-electron chi connectivity index (χ2n) is 6.74. The van der Waals surface area contributed by atoms with Crippen LogP contribution in [0.4, 0.5) is 0 Å². The molecular formula is C21H25NO5. The van der Waals surface area contributed by atoms with Gasteiger partial charge in [-0.25, -0.2) is 0 Å². The number of carbonyl (C=O) groups excluding carboxylic acids is 2. The van der Waals surface area contributed by atoms with E-state index in [0.717, 1.165) is 12.0 Å². The third-order valence-corrected chi connectivity index (χ3v) is 4.54. The summed E-state index contributed by atoms with van der Waals surface area (Å²) in [5, 5.41) is 32.3. The van der Waals surface area contributed by atoms with Crippen LogP contribution in [0.1, 0.15) is 38.9 Å². The molecule has 0 bridgehead atoms. The van der Waals surface area contributed by atoms with E-state index in [1.54, 1.807) is 6.08 Å². The van der Waals surface area contributed by atoms with Gasteiger partial charge in [-0.05, 0) is 36.6 Å². The molecule has 1 aromatic rings. The van der Waals surface area contributed by atoms with E-state index in [9.17, 15) is 24.9 Å². The van der Waals surface area contributed by atoms with Crippen molar-refractivity contribution >= 4 is 11.7 Å². The summed E-state index contributed by atoms with van der Waals surface area (Å²) in [5.41, 5.74) is 0.906. The molecule has 0 saturated carbocycles. The number of phenols is 1. The Morgan fingerprint density at radius 2 is 1.85 bits per heavy atom. The Bertz CT molecular complexity index is 804. The van der Waals surface area contributed by atoms with Crippen LogP contribution in [0.5, 0.6) is 5.75 Å². The standard InChI is InChI=1S/C21H25NO5/c1-4-12(2)11-13(3)5-10-16(24)17-20(26)18(22-21(17)27)19(25)14-6-8-15(23)9-7-14/h5-12,18-19,23-25H,4H2,1-3H3,(H,22,27)/b10-5+,13-11+,17-16?/t12-,18+,19-/m1/s1. The van der Waals surface area contributed by atoms with E-state index >= 15 is 0 Å². The fourth-order valence-electron chi connectivity index (χ4n) is 2.79. The Balaban J connectivity index is 2.22. The number of aromatic hydroxyl groups is 1. The van der Waals surface area contributed by atoms with Crippen LogP contribution in [-0.2, 0) is 9.59 Å². The first-order chi connectivity index (χ1) is 12.7. The molecule has 4 N–H and O–H groups in total. The molecule has 0 spiro atoms. The molecule has 27 heavy (non-hydrogen) atoms. The van der Waals surface area contributed by atoms with E-state index in [2.05, 4.69) is 19.2 Å². The van der Waals surface area contributed by atoms with Gasteiger partial charge in [0.15, 0.2) is 5.78 Å². The van der Waals surface area contributed by atoms with Gasteiger partial charge in [0, 0.05) is 0 Å². The zero-order chi connectivity index (χ0) is 20.1. The maximum absolute atomic E-state index is 12.5. The van der Waals surface area contributed by atoms with E-state index in [0.29, 0.717) is 11.5 Å². The summed E-state index contributed by atoms with van der Waals surface area (Å²) in [4.78, 5) is 24.7. The molecule has 0 aromatic heterocycles. The number of rotatable bonds is 6. The molecule has 144 valence electrons. The molecule has 1 aromatic carbocycles. The Morgan fingerprint density at radius 1 is 1.22 bits per heavy atom. The lowest BCUT2D eigenvalue weighted by Gasteiger charge is -2.16. The molecule has 1 aliphatic rings. The average Bonchev–Trinajstić information content (AvgIpc) is 2.94. The van der Waals surface area contributed by atoms with Crippen molar-refractivity contribution in [2.75, 3.05) is 0 Å².